The topological polar surface area (TPSA) is 39.5 Å². The van der Waals surface area contributed by atoms with Gasteiger partial charge in [-0.1, -0.05) is 6.07 Å². The van der Waals surface area contributed by atoms with Crippen molar-refractivity contribution in [3.63, 3.8) is 0 Å². The van der Waals surface area contributed by atoms with Gasteiger partial charge in [0.15, 0.2) is 0 Å². The van der Waals surface area contributed by atoms with E-state index >= 15 is 0 Å². The quantitative estimate of drug-likeness (QED) is 0.514. The van der Waals surface area contributed by atoms with Gasteiger partial charge in [-0.15, -0.1) is 0 Å². The fourth-order valence-electron chi connectivity index (χ4n) is 4.07. The van der Waals surface area contributed by atoms with Crippen LogP contribution in [0.5, 0.6) is 5.75 Å². The maximum absolute atomic E-state index is 6.62. The van der Waals surface area contributed by atoms with Crippen LogP contribution in [-0.2, 0) is 4.74 Å². The van der Waals surface area contributed by atoms with Crippen molar-refractivity contribution in [2.24, 2.45) is 0 Å². The number of fused-ring (bicyclic) bond motifs is 5. The summed E-state index contributed by atoms with van der Waals surface area (Å²) in [5, 5.41) is 4.52. The summed E-state index contributed by atoms with van der Waals surface area (Å²) in [5.74, 6) is 0.893. The third-order valence-electron chi connectivity index (χ3n) is 5.53. The molecular weight excluding hydrogens is 374 g/mol. The number of aryl methyl sites for hydroxylation is 1. The zero-order valence-corrected chi connectivity index (χ0v) is 16.6. The predicted molar refractivity (Wildman–Crippen MR) is 113 cm³/mol. The molecule has 6 heteroatoms. The molecular formula is C22H22ClN3O2. The standard InChI is InChI=1S/C22H22ClN3O2/c1-15-13-24-14-19-21-18-4-3-17(28-11-8-25-6-9-27-10-7-25)12-16(18)2-5-20(21)26(23)22(15)19/h2-5,12-14H,6-11H2,1H3. The largest absolute Gasteiger partial charge is 0.492 e. The van der Waals surface area contributed by atoms with Crippen LogP contribution in [-0.4, -0.2) is 53.4 Å². The molecule has 0 bridgehead atoms. The van der Waals surface area contributed by atoms with Crippen LogP contribution in [0.2, 0.25) is 0 Å². The summed E-state index contributed by atoms with van der Waals surface area (Å²) < 4.78 is 13.1. The lowest BCUT2D eigenvalue weighted by atomic mass is 10.0. The van der Waals surface area contributed by atoms with E-state index in [4.69, 9.17) is 21.3 Å². The molecule has 1 aliphatic heterocycles. The molecule has 0 N–H and O–H groups in total. The van der Waals surface area contributed by atoms with E-state index in [-0.39, 0.29) is 0 Å². The lowest BCUT2D eigenvalue weighted by Gasteiger charge is -2.26. The van der Waals surface area contributed by atoms with Crippen molar-refractivity contribution < 1.29 is 9.47 Å². The van der Waals surface area contributed by atoms with Crippen molar-refractivity contribution in [3.8, 4) is 5.75 Å². The Kier molecular flexibility index (Phi) is 4.59. The van der Waals surface area contributed by atoms with Gasteiger partial charge in [0.2, 0.25) is 0 Å². The molecule has 3 heterocycles. The van der Waals surface area contributed by atoms with Crippen LogP contribution in [0.25, 0.3) is 32.6 Å². The summed E-state index contributed by atoms with van der Waals surface area (Å²) in [4.78, 5) is 6.75. The van der Waals surface area contributed by atoms with E-state index in [0.29, 0.717) is 6.61 Å². The number of pyridine rings is 1. The van der Waals surface area contributed by atoms with E-state index in [9.17, 15) is 0 Å². The van der Waals surface area contributed by atoms with Crippen LogP contribution in [0.1, 0.15) is 5.56 Å². The van der Waals surface area contributed by atoms with Crippen molar-refractivity contribution in [1.82, 2.24) is 14.0 Å². The minimum atomic E-state index is 0.678. The number of hydrogen-bond donors (Lipinski definition) is 0. The van der Waals surface area contributed by atoms with Crippen molar-refractivity contribution in [2.45, 2.75) is 6.92 Å². The highest BCUT2D eigenvalue weighted by atomic mass is 35.5. The first kappa shape index (κ1) is 17.7. The van der Waals surface area contributed by atoms with Gasteiger partial charge in [-0.2, -0.15) is 0 Å². The molecule has 0 unspecified atom stereocenters. The highest BCUT2D eigenvalue weighted by Crippen LogP contribution is 2.37. The van der Waals surface area contributed by atoms with Crippen LogP contribution in [0.15, 0.2) is 42.7 Å². The number of hydrogen-bond acceptors (Lipinski definition) is 4. The number of halogens is 1. The average molecular weight is 396 g/mol. The van der Waals surface area contributed by atoms with Crippen molar-refractivity contribution in [2.75, 3.05) is 39.5 Å². The Morgan fingerprint density at radius 3 is 2.82 bits per heavy atom. The molecule has 144 valence electrons. The Labute approximate surface area is 168 Å². The van der Waals surface area contributed by atoms with Gasteiger partial charge in [-0.25, -0.2) is 0 Å². The summed E-state index contributed by atoms with van der Waals surface area (Å²) in [6.45, 7) is 7.23. The molecule has 2 aromatic heterocycles. The third-order valence-corrected chi connectivity index (χ3v) is 5.88. The zero-order valence-electron chi connectivity index (χ0n) is 15.8. The number of morpholine rings is 1. The van der Waals surface area contributed by atoms with Gasteiger partial charge in [0.05, 0.1) is 24.2 Å². The fraction of sp³-hybridized carbons (Fsp3) is 0.318. The number of rotatable bonds is 4. The molecule has 1 saturated heterocycles. The van der Waals surface area contributed by atoms with E-state index in [2.05, 4.69) is 34.1 Å². The molecule has 1 aliphatic rings. The van der Waals surface area contributed by atoms with Crippen LogP contribution in [0.3, 0.4) is 0 Å². The summed E-state index contributed by atoms with van der Waals surface area (Å²) in [6, 6.07) is 10.4. The average Bonchev–Trinajstić information content (AvgIpc) is 3.02. The number of nitrogens with zero attached hydrogens (tertiary/aromatic N) is 3. The molecule has 5 nitrogen and oxygen atoms in total. The molecule has 4 aromatic rings. The van der Waals surface area contributed by atoms with E-state index in [1.54, 1.807) is 4.09 Å². The summed E-state index contributed by atoms with van der Waals surface area (Å²) in [5.41, 5.74) is 3.09. The Morgan fingerprint density at radius 2 is 1.96 bits per heavy atom. The molecule has 0 saturated carbocycles. The van der Waals surface area contributed by atoms with Crippen molar-refractivity contribution in [1.29, 1.82) is 0 Å². The maximum atomic E-state index is 6.62. The van der Waals surface area contributed by atoms with Crippen LogP contribution >= 0.6 is 11.8 Å². The predicted octanol–water partition coefficient (Wildman–Crippen LogP) is 4.36. The molecule has 0 atom stereocenters. The third kappa shape index (κ3) is 3.00. The van der Waals surface area contributed by atoms with Crippen LogP contribution in [0.4, 0.5) is 0 Å². The van der Waals surface area contributed by atoms with Gasteiger partial charge >= 0.3 is 0 Å². The number of aromatic nitrogens is 2. The fourth-order valence-corrected chi connectivity index (χ4v) is 4.44. The minimum absolute atomic E-state index is 0.678. The van der Waals surface area contributed by atoms with Crippen molar-refractivity contribution in [3.05, 3.63) is 48.3 Å². The van der Waals surface area contributed by atoms with Crippen molar-refractivity contribution >= 4 is 44.4 Å². The van der Waals surface area contributed by atoms with Gasteiger partial charge in [0, 0.05) is 54.6 Å². The summed E-state index contributed by atoms with van der Waals surface area (Å²) in [7, 11) is 0. The van der Waals surface area contributed by atoms with Gasteiger partial charge < -0.3 is 9.47 Å². The zero-order chi connectivity index (χ0) is 19.1. The summed E-state index contributed by atoms with van der Waals surface area (Å²) in [6.07, 6.45) is 3.75. The second-order valence-electron chi connectivity index (χ2n) is 7.28. The first-order valence-corrected chi connectivity index (χ1v) is 9.97. The van der Waals surface area contributed by atoms with E-state index < -0.39 is 0 Å². The smallest absolute Gasteiger partial charge is 0.120 e. The van der Waals surface area contributed by atoms with E-state index in [0.717, 1.165) is 76.7 Å². The normalized spacial score (nSPS) is 15.6. The van der Waals surface area contributed by atoms with Gasteiger partial charge in [-0.05, 0) is 47.5 Å². The Bertz CT molecular complexity index is 1170. The highest BCUT2D eigenvalue weighted by molar-refractivity contribution is 6.30. The maximum Gasteiger partial charge on any atom is 0.120 e. The highest BCUT2D eigenvalue weighted by Gasteiger charge is 2.15. The molecule has 5 rings (SSSR count). The lowest BCUT2D eigenvalue weighted by molar-refractivity contribution is 0.0322. The Hall–Kier alpha value is -2.34. The first-order chi connectivity index (χ1) is 13.7. The van der Waals surface area contributed by atoms with E-state index in [1.807, 2.05) is 25.4 Å². The SMILES string of the molecule is Cc1cncc2c3c4ccc(OCCN5CCOCC5)cc4ccc3n(Cl)c12. The van der Waals surface area contributed by atoms with Gasteiger partial charge in [0.1, 0.15) is 12.4 Å². The molecule has 28 heavy (non-hydrogen) atoms. The Morgan fingerprint density at radius 1 is 1.11 bits per heavy atom. The summed E-state index contributed by atoms with van der Waals surface area (Å²) >= 11 is 6.62. The second kappa shape index (κ2) is 7.24. The monoisotopic (exact) mass is 395 g/mol. The Balaban J connectivity index is 1.48. The second-order valence-corrected chi connectivity index (χ2v) is 7.62. The minimum Gasteiger partial charge on any atom is -0.492 e. The van der Waals surface area contributed by atoms with Gasteiger partial charge in [0.25, 0.3) is 0 Å². The van der Waals surface area contributed by atoms with Gasteiger partial charge in [-0.3, -0.25) is 14.0 Å². The molecule has 0 spiro atoms. The molecule has 1 fully saturated rings. The lowest BCUT2D eigenvalue weighted by Crippen LogP contribution is -2.38. The van der Waals surface area contributed by atoms with Crippen LogP contribution < -0.4 is 4.74 Å². The first-order valence-electron chi connectivity index (χ1n) is 9.63. The molecule has 0 radical (unpaired) electrons. The number of ether oxygens (including phenoxy) is 2. The van der Waals surface area contributed by atoms with E-state index in [1.165, 1.54) is 0 Å². The molecule has 0 amide bonds. The van der Waals surface area contributed by atoms with Crippen LogP contribution in [0, 0.1) is 6.92 Å². The number of benzene rings is 2. The molecule has 2 aromatic carbocycles. The molecule has 0 aliphatic carbocycles.